The van der Waals surface area contributed by atoms with Crippen LogP contribution in [0.15, 0.2) is 24.3 Å². The van der Waals surface area contributed by atoms with E-state index in [0.29, 0.717) is 12.1 Å². The number of hydrogen-bond acceptors (Lipinski definition) is 2. The summed E-state index contributed by atoms with van der Waals surface area (Å²) in [7, 11) is 1.71. The number of ether oxygens (including phenoxy) is 1. The van der Waals surface area contributed by atoms with Crippen molar-refractivity contribution in [1.82, 2.24) is 5.32 Å². The number of methoxy groups -OCH3 is 1. The maximum absolute atomic E-state index is 5.19. The van der Waals surface area contributed by atoms with Gasteiger partial charge in [-0.15, -0.1) is 0 Å². The maximum atomic E-state index is 5.19. The van der Waals surface area contributed by atoms with E-state index in [-0.39, 0.29) is 0 Å². The van der Waals surface area contributed by atoms with Crippen LogP contribution in [0.1, 0.15) is 51.1 Å². The highest BCUT2D eigenvalue weighted by molar-refractivity contribution is 5.28. The number of nitrogens with one attached hydrogen (secondary N) is 1. The first-order valence-corrected chi connectivity index (χ1v) is 7.09. The van der Waals surface area contributed by atoms with Gasteiger partial charge < -0.3 is 10.1 Å². The zero-order valence-electron chi connectivity index (χ0n) is 11.8. The molecule has 1 saturated carbocycles. The summed E-state index contributed by atoms with van der Waals surface area (Å²) < 4.78 is 5.19. The molecule has 2 nitrogen and oxygen atoms in total. The molecule has 18 heavy (non-hydrogen) atoms. The molecular formula is C16H25NO. The average Bonchev–Trinajstić information content (AvgIpc) is 2.41. The van der Waals surface area contributed by atoms with E-state index in [4.69, 9.17) is 4.74 Å². The van der Waals surface area contributed by atoms with E-state index >= 15 is 0 Å². The Morgan fingerprint density at radius 3 is 2.28 bits per heavy atom. The summed E-state index contributed by atoms with van der Waals surface area (Å²) in [5.74, 6) is 1.84. The van der Waals surface area contributed by atoms with Crippen molar-refractivity contribution in [2.75, 3.05) is 7.11 Å². The predicted octanol–water partition coefficient (Wildman–Crippen LogP) is 3.92. The Balaban J connectivity index is 1.88. The van der Waals surface area contributed by atoms with Crippen LogP contribution in [0.3, 0.4) is 0 Å². The summed E-state index contributed by atoms with van der Waals surface area (Å²) in [5, 5.41) is 3.75. The molecule has 0 unspecified atom stereocenters. The zero-order valence-corrected chi connectivity index (χ0v) is 11.8. The zero-order chi connectivity index (χ0) is 13.0. The van der Waals surface area contributed by atoms with Gasteiger partial charge in [0.25, 0.3) is 0 Å². The summed E-state index contributed by atoms with van der Waals surface area (Å²) in [6.45, 7) is 4.61. The fourth-order valence-corrected chi connectivity index (χ4v) is 2.77. The summed E-state index contributed by atoms with van der Waals surface area (Å²) >= 11 is 0. The van der Waals surface area contributed by atoms with E-state index in [1.165, 1.54) is 31.2 Å². The van der Waals surface area contributed by atoms with Gasteiger partial charge in [0.1, 0.15) is 5.75 Å². The lowest BCUT2D eigenvalue weighted by molar-refractivity contribution is 0.291. The van der Waals surface area contributed by atoms with Gasteiger partial charge in [-0.05, 0) is 56.2 Å². The lowest BCUT2D eigenvalue weighted by Crippen LogP contribution is -2.34. The van der Waals surface area contributed by atoms with Crippen molar-refractivity contribution in [3.63, 3.8) is 0 Å². The molecule has 1 aromatic carbocycles. The highest BCUT2D eigenvalue weighted by Gasteiger charge is 2.19. The van der Waals surface area contributed by atoms with Gasteiger partial charge in [0.15, 0.2) is 0 Å². The topological polar surface area (TPSA) is 21.3 Å². The van der Waals surface area contributed by atoms with Crippen molar-refractivity contribution in [2.45, 2.75) is 51.6 Å². The molecule has 0 bridgehead atoms. The first-order chi connectivity index (χ1) is 8.69. The standard InChI is InChI=1S/C16H25NO/c1-12-4-8-15(9-5-12)17-13(2)14-6-10-16(18-3)11-7-14/h6-7,10-13,15,17H,4-5,8-9H2,1-3H3/t12?,13-,15?/m0/s1. The molecule has 2 rings (SSSR count). The first-order valence-electron chi connectivity index (χ1n) is 7.09. The second-order valence-electron chi connectivity index (χ2n) is 5.62. The van der Waals surface area contributed by atoms with Gasteiger partial charge in [0, 0.05) is 12.1 Å². The summed E-state index contributed by atoms with van der Waals surface area (Å²) in [5.41, 5.74) is 1.34. The van der Waals surface area contributed by atoms with Crippen LogP contribution in [-0.4, -0.2) is 13.2 Å². The van der Waals surface area contributed by atoms with Gasteiger partial charge in [0.05, 0.1) is 7.11 Å². The second-order valence-corrected chi connectivity index (χ2v) is 5.62. The Kier molecular flexibility index (Phi) is 4.65. The van der Waals surface area contributed by atoms with E-state index < -0.39 is 0 Å². The third kappa shape index (κ3) is 3.49. The molecule has 1 aliphatic rings. The molecule has 0 saturated heterocycles. The Hall–Kier alpha value is -1.02. The highest BCUT2D eigenvalue weighted by Crippen LogP contribution is 2.26. The van der Waals surface area contributed by atoms with E-state index in [1.54, 1.807) is 7.11 Å². The molecule has 100 valence electrons. The minimum Gasteiger partial charge on any atom is -0.497 e. The van der Waals surface area contributed by atoms with Gasteiger partial charge in [-0.1, -0.05) is 19.1 Å². The van der Waals surface area contributed by atoms with Crippen LogP contribution in [0, 0.1) is 5.92 Å². The Labute approximate surface area is 111 Å². The van der Waals surface area contributed by atoms with Gasteiger partial charge in [-0.2, -0.15) is 0 Å². The van der Waals surface area contributed by atoms with Crippen LogP contribution in [-0.2, 0) is 0 Å². The van der Waals surface area contributed by atoms with Crippen molar-refractivity contribution in [2.24, 2.45) is 5.92 Å². The third-order valence-electron chi connectivity index (χ3n) is 4.12. The fraction of sp³-hybridized carbons (Fsp3) is 0.625. The molecule has 1 aliphatic carbocycles. The monoisotopic (exact) mass is 247 g/mol. The number of benzene rings is 1. The Morgan fingerprint density at radius 1 is 1.11 bits per heavy atom. The molecule has 0 radical (unpaired) electrons. The molecule has 1 atom stereocenters. The summed E-state index contributed by atoms with van der Waals surface area (Å²) in [4.78, 5) is 0. The minimum absolute atomic E-state index is 0.425. The van der Waals surface area contributed by atoms with Crippen molar-refractivity contribution < 1.29 is 4.74 Å². The van der Waals surface area contributed by atoms with Gasteiger partial charge in [-0.3, -0.25) is 0 Å². The smallest absolute Gasteiger partial charge is 0.118 e. The van der Waals surface area contributed by atoms with Crippen LogP contribution in [0.5, 0.6) is 5.75 Å². The fourth-order valence-electron chi connectivity index (χ4n) is 2.77. The van der Waals surface area contributed by atoms with Crippen molar-refractivity contribution in [3.05, 3.63) is 29.8 Å². The van der Waals surface area contributed by atoms with Crippen molar-refractivity contribution in [1.29, 1.82) is 0 Å². The van der Waals surface area contributed by atoms with E-state index in [0.717, 1.165) is 11.7 Å². The minimum atomic E-state index is 0.425. The predicted molar refractivity (Wildman–Crippen MR) is 76.0 cm³/mol. The quantitative estimate of drug-likeness (QED) is 0.870. The summed E-state index contributed by atoms with van der Waals surface area (Å²) in [6, 6.07) is 9.50. The average molecular weight is 247 g/mol. The maximum Gasteiger partial charge on any atom is 0.118 e. The number of rotatable bonds is 4. The summed E-state index contributed by atoms with van der Waals surface area (Å²) in [6.07, 6.45) is 5.38. The lowest BCUT2D eigenvalue weighted by Gasteiger charge is -2.29. The molecule has 0 aliphatic heterocycles. The number of hydrogen-bond donors (Lipinski definition) is 1. The highest BCUT2D eigenvalue weighted by atomic mass is 16.5. The van der Waals surface area contributed by atoms with Crippen LogP contribution < -0.4 is 10.1 Å². The van der Waals surface area contributed by atoms with Gasteiger partial charge in [-0.25, -0.2) is 0 Å². The molecule has 2 heteroatoms. The molecular weight excluding hydrogens is 222 g/mol. The third-order valence-corrected chi connectivity index (χ3v) is 4.12. The molecule has 1 aromatic rings. The van der Waals surface area contributed by atoms with E-state index in [1.807, 2.05) is 12.1 Å². The van der Waals surface area contributed by atoms with Gasteiger partial charge >= 0.3 is 0 Å². The second kappa shape index (κ2) is 6.24. The molecule has 0 heterocycles. The molecule has 0 spiro atoms. The Morgan fingerprint density at radius 2 is 1.72 bits per heavy atom. The van der Waals surface area contributed by atoms with Crippen LogP contribution in [0.4, 0.5) is 0 Å². The van der Waals surface area contributed by atoms with Crippen LogP contribution in [0.2, 0.25) is 0 Å². The molecule has 0 amide bonds. The largest absolute Gasteiger partial charge is 0.497 e. The molecule has 1 N–H and O–H groups in total. The van der Waals surface area contributed by atoms with Crippen molar-refractivity contribution >= 4 is 0 Å². The SMILES string of the molecule is COc1ccc([C@H](C)NC2CCC(C)CC2)cc1. The molecule has 0 aromatic heterocycles. The van der Waals surface area contributed by atoms with Crippen LogP contribution in [0.25, 0.3) is 0 Å². The van der Waals surface area contributed by atoms with E-state index in [2.05, 4.69) is 31.3 Å². The Bertz CT molecular complexity index is 352. The van der Waals surface area contributed by atoms with Crippen molar-refractivity contribution in [3.8, 4) is 5.75 Å². The normalized spacial score (nSPS) is 25.7. The van der Waals surface area contributed by atoms with Crippen LogP contribution >= 0.6 is 0 Å². The first kappa shape index (κ1) is 13.4. The lowest BCUT2D eigenvalue weighted by atomic mass is 9.87. The molecule has 1 fully saturated rings. The van der Waals surface area contributed by atoms with Gasteiger partial charge in [0.2, 0.25) is 0 Å². The van der Waals surface area contributed by atoms with E-state index in [9.17, 15) is 0 Å².